The van der Waals surface area contributed by atoms with Crippen LogP contribution in [-0.2, 0) is 20.8 Å². The molecule has 0 amide bonds. The fourth-order valence-corrected chi connectivity index (χ4v) is 3.17. The number of carbonyl (C=O) groups is 1. The van der Waals surface area contributed by atoms with Gasteiger partial charge in [0.05, 0.1) is 0 Å². The molecule has 1 N–H and O–H groups in total. The van der Waals surface area contributed by atoms with Crippen LogP contribution in [0.5, 0.6) is 0 Å². The van der Waals surface area contributed by atoms with Crippen LogP contribution in [0.2, 0.25) is 0 Å². The van der Waals surface area contributed by atoms with Gasteiger partial charge in [-0.05, 0) is 29.2 Å². The van der Waals surface area contributed by atoms with E-state index in [4.69, 9.17) is 11.6 Å². The van der Waals surface area contributed by atoms with Crippen LogP contribution in [0, 0.1) is 0 Å². The summed E-state index contributed by atoms with van der Waals surface area (Å²) in [5, 5.41) is 9.26. The Bertz CT molecular complexity index is 654. The third kappa shape index (κ3) is 3.23. The summed E-state index contributed by atoms with van der Waals surface area (Å²) in [5.74, 6) is -1.16. The van der Waals surface area contributed by atoms with E-state index < -0.39 is 22.0 Å². The van der Waals surface area contributed by atoms with E-state index in [0.717, 1.165) is 11.1 Å². The summed E-state index contributed by atoms with van der Waals surface area (Å²) in [6, 6.07) is 14.8. The average Bonchev–Trinajstić information content (AvgIpc) is 2.47. The summed E-state index contributed by atoms with van der Waals surface area (Å²) < 4.78 is 12.0. The second-order valence-corrected chi connectivity index (χ2v) is 6.94. The van der Waals surface area contributed by atoms with Gasteiger partial charge in [0.15, 0.2) is 9.77 Å². The van der Waals surface area contributed by atoms with Crippen molar-refractivity contribution in [2.75, 3.05) is 6.26 Å². The van der Waals surface area contributed by atoms with Gasteiger partial charge in [0, 0.05) is 11.6 Å². The highest BCUT2D eigenvalue weighted by atomic mass is 35.5. The minimum absolute atomic E-state index is 0.359. The zero-order valence-electron chi connectivity index (χ0n) is 11.7. The first-order valence-electron chi connectivity index (χ1n) is 6.29. The van der Waals surface area contributed by atoms with E-state index in [9.17, 15) is 14.5 Å². The largest absolute Gasteiger partial charge is 0.612 e. The van der Waals surface area contributed by atoms with E-state index in [0.29, 0.717) is 10.5 Å². The van der Waals surface area contributed by atoms with Crippen LogP contribution in [0.4, 0.5) is 0 Å². The molecule has 0 heterocycles. The summed E-state index contributed by atoms with van der Waals surface area (Å²) in [7, 11) is 0. The molecular weight excluding hydrogens is 308 g/mol. The monoisotopic (exact) mass is 322 g/mol. The molecule has 2 rings (SSSR count). The smallest absolute Gasteiger partial charge is 0.329 e. The van der Waals surface area contributed by atoms with Crippen LogP contribution in [0.3, 0.4) is 0 Å². The fraction of sp³-hybridized carbons (Fsp3) is 0.188. The molecule has 0 fully saturated rings. The Morgan fingerprint density at radius 1 is 1.19 bits per heavy atom. The average molecular weight is 323 g/mol. The summed E-state index contributed by atoms with van der Waals surface area (Å²) in [6.45, 7) is 1.39. The van der Waals surface area contributed by atoms with Crippen molar-refractivity contribution >= 4 is 28.7 Å². The molecule has 2 aromatic carbocycles. The number of carboxylic acids is 1. The van der Waals surface area contributed by atoms with Crippen molar-refractivity contribution in [2.24, 2.45) is 0 Å². The highest BCUT2D eigenvalue weighted by Crippen LogP contribution is 2.36. The topological polar surface area (TPSA) is 60.4 Å². The van der Waals surface area contributed by atoms with Crippen LogP contribution in [0.1, 0.15) is 12.5 Å². The molecule has 0 aromatic heterocycles. The highest BCUT2D eigenvalue weighted by Gasteiger charge is 2.37. The van der Waals surface area contributed by atoms with Crippen LogP contribution >= 0.6 is 11.6 Å². The van der Waals surface area contributed by atoms with Crippen LogP contribution in [0.25, 0.3) is 11.1 Å². The van der Waals surface area contributed by atoms with Gasteiger partial charge < -0.3 is 9.66 Å². The third-order valence-corrected chi connectivity index (χ3v) is 4.63. The number of rotatable bonds is 4. The second-order valence-electron chi connectivity index (χ2n) is 4.84. The molecule has 0 radical (unpaired) electrons. The maximum Gasteiger partial charge on any atom is 0.329 e. The lowest BCUT2D eigenvalue weighted by Gasteiger charge is -2.21. The number of carboxylic acid groups (broad SMARTS) is 1. The van der Waals surface area contributed by atoms with Gasteiger partial charge in [-0.1, -0.05) is 42.5 Å². The SMILES string of the molecule is C[S+]([O-])c1cc(-c2ccccc2)ccc1C(C)(Cl)C(=O)O. The van der Waals surface area contributed by atoms with Crippen LogP contribution in [0.15, 0.2) is 53.4 Å². The predicted molar refractivity (Wildman–Crippen MR) is 85.1 cm³/mol. The normalized spacial score (nSPS) is 15.2. The Balaban J connectivity index is 2.58. The maximum absolute atomic E-state index is 12.0. The number of aliphatic carboxylic acids is 1. The molecule has 2 aromatic rings. The van der Waals surface area contributed by atoms with E-state index in [1.165, 1.54) is 13.2 Å². The number of alkyl halides is 1. The molecule has 0 saturated carbocycles. The first kappa shape index (κ1) is 15.9. The minimum atomic E-state index is -1.60. The standard InChI is InChI=1S/C16H15ClO3S/c1-16(17,15(18)19)13-9-8-12(10-14(13)21(2)20)11-6-4-3-5-7-11/h3-10H,1-2H3,(H,18,19). The van der Waals surface area contributed by atoms with E-state index in [2.05, 4.69) is 0 Å². The van der Waals surface area contributed by atoms with Crippen molar-refractivity contribution in [1.82, 2.24) is 0 Å². The first-order chi connectivity index (χ1) is 9.84. The Hall–Kier alpha value is -1.49. The van der Waals surface area contributed by atoms with E-state index in [1.54, 1.807) is 18.2 Å². The Morgan fingerprint density at radius 3 is 2.33 bits per heavy atom. The maximum atomic E-state index is 12.0. The molecule has 0 bridgehead atoms. The summed E-state index contributed by atoms with van der Waals surface area (Å²) >= 11 is 4.77. The first-order valence-corrected chi connectivity index (χ1v) is 8.23. The quantitative estimate of drug-likeness (QED) is 0.690. The number of benzene rings is 2. The molecule has 0 aliphatic heterocycles. The highest BCUT2D eigenvalue weighted by molar-refractivity contribution is 7.90. The van der Waals surface area contributed by atoms with Gasteiger partial charge in [-0.2, -0.15) is 0 Å². The molecule has 2 unspecified atom stereocenters. The Morgan fingerprint density at radius 2 is 1.81 bits per heavy atom. The van der Waals surface area contributed by atoms with Crippen LogP contribution in [-0.4, -0.2) is 21.9 Å². The van der Waals surface area contributed by atoms with Gasteiger partial charge in [-0.15, -0.1) is 11.6 Å². The summed E-state index contributed by atoms with van der Waals surface area (Å²) in [4.78, 5) is 10.2. The molecule has 0 saturated heterocycles. The molecule has 3 nitrogen and oxygen atoms in total. The Labute approximate surface area is 131 Å². The van der Waals surface area contributed by atoms with E-state index >= 15 is 0 Å². The fourth-order valence-electron chi connectivity index (χ4n) is 2.07. The van der Waals surface area contributed by atoms with Gasteiger partial charge in [0.2, 0.25) is 0 Å². The molecule has 2 atom stereocenters. The predicted octanol–water partition coefficient (Wildman–Crippen LogP) is 3.63. The number of hydrogen-bond acceptors (Lipinski definition) is 2. The lowest BCUT2D eigenvalue weighted by molar-refractivity contribution is -0.140. The zero-order chi connectivity index (χ0) is 15.6. The van der Waals surface area contributed by atoms with Crippen molar-refractivity contribution in [1.29, 1.82) is 0 Å². The van der Waals surface area contributed by atoms with Gasteiger partial charge in [-0.3, -0.25) is 0 Å². The lowest BCUT2D eigenvalue weighted by atomic mass is 9.96. The van der Waals surface area contributed by atoms with Crippen molar-refractivity contribution in [3.63, 3.8) is 0 Å². The van der Waals surface area contributed by atoms with Gasteiger partial charge >= 0.3 is 5.97 Å². The number of hydrogen-bond donors (Lipinski definition) is 1. The molecule has 5 heteroatoms. The molecule has 0 aliphatic rings. The molecule has 21 heavy (non-hydrogen) atoms. The van der Waals surface area contributed by atoms with Gasteiger partial charge in [-0.25, -0.2) is 4.79 Å². The van der Waals surface area contributed by atoms with Crippen LogP contribution < -0.4 is 0 Å². The van der Waals surface area contributed by atoms with Crippen molar-refractivity contribution in [3.05, 3.63) is 54.1 Å². The van der Waals surface area contributed by atoms with Crippen molar-refractivity contribution in [2.45, 2.75) is 16.7 Å². The molecule has 110 valence electrons. The van der Waals surface area contributed by atoms with E-state index in [-0.39, 0.29) is 0 Å². The Kier molecular flexibility index (Phi) is 4.61. The lowest BCUT2D eigenvalue weighted by Crippen LogP contribution is -2.27. The minimum Gasteiger partial charge on any atom is -0.612 e. The van der Waals surface area contributed by atoms with E-state index in [1.807, 2.05) is 30.3 Å². The van der Waals surface area contributed by atoms with Gasteiger partial charge in [0.1, 0.15) is 6.26 Å². The number of halogens is 1. The van der Waals surface area contributed by atoms with Gasteiger partial charge in [0.25, 0.3) is 0 Å². The summed E-state index contributed by atoms with van der Waals surface area (Å²) in [6.07, 6.45) is 1.52. The molecular formula is C16H15ClO3S. The van der Waals surface area contributed by atoms with Crippen molar-refractivity contribution < 1.29 is 14.5 Å². The van der Waals surface area contributed by atoms with Crippen molar-refractivity contribution in [3.8, 4) is 11.1 Å². The third-order valence-electron chi connectivity index (χ3n) is 3.31. The zero-order valence-corrected chi connectivity index (χ0v) is 13.2. The second kappa shape index (κ2) is 6.10. The molecule has 0 spiro atoms. The summed E-state index contributed by atoms with van der Waals surface area (Å²) in [5.41, 5.74) is 2.21. The molecule has 0 aliphatic carbocycles.